The van der Waals surface area contributed by atoms with Crippen LogP contribution in [0.5, 0.6) is 0 Å². The summed E-state index contributed by atoms with van der Waals surface area (Å²) in [5.41, 5.74) is 3.97. The van der Waals surface area contributed by atoms with Crippen LogP contribution in [0.25, 0.3) is 17.0 Å². The summed E-state index contributed by atoms with van der Waals surface area (Å²) in [7, 11) is 0. The molecule has 0 aliphatic rings. The number of esters is 1. The van der Waals surface area contributed by atoms with Crippen LogP contribution in [-0.2, 0) is 20.9 Å². The molecule has 164 valence electrons. The van der Waals surface area contributed by atoms with Gasteiger partial charge in [-0.25, -0.2) is 4.79 Å². The van der Waals surface area contributed by atoms with E-state index < -0.39 is 18.0 Å². The van der Waals surface area contributed by atoms with Crippen molar-refractivity contribution >= 4 is 34.5 Å². The molecule has 0 saturated heterocycles. The topological polar surface area (TPSA) is 97.0 Å². The molecule has 3 rings (SSSR count). The van der Waals surface area contributed by atoms with Crippen LogP contribution in [0.2, 0.25) is 0 Å². The van der Waals surface area contributed by atoms with Gasteiger partial charge in [0.25, 0.3) is 5.91 Å². The second-order valence-corrected chi connectivity index (χ2v) is 7.56. The van der Waals surface area contributed by atoms with Gasteiger partial charge in [-0.2, -0.15) is 5.26 Å². The number of pyridine rings is 1. The van der Waals surface area contributed by atoms with E-state index in [4.69, 9.17) is 4.74 Å². The van der Waals surface area contributed by atoms with E-state index in [9.17, 15) is 14.9 Å². The largest absolute Gasteiger partial charge is 0.448 e. The third-order valence-electron chi connectivity index (χ3n) is 5.26. The maximum atomic E-state index is 12.6. The third-order valence-corrected chi connectivity index (χ3v) is 5.26. The van der Waals surface area contributed by atoms with E-state index in [2.05, 4.69) is 21.8 Å². The van der Waals surface area contributed by atoms with Crippen LogP contribution in [0.3, 0.4) is 0 Å². The first-order valence-corrected chi connectivity index (χ1v) is 10.5. The molecule has 0 radical (unpaired) electrons. The number of amides is 1. The average molecular weight is 431 g/mol. The molecule has 32 heavy (non-hydrogen) atoms. The number of aryl methyl sites for hydroxylation is 1. The van der Waals surface area contributed by atoms with Gasteiger partial charge in [0.05, 0.1) is 11.2 Å². The van der Waals surface area contributed by atoms with Gasteiger partial charge in [-0.3, -0.25) is 9.78 Å². The maximum absolute atomic E-state index is 12.6. The van der Waals surface area contributed by atoms with E-state index in [1.54, 1.807) is 24.4 Å². The number of nitrogens with one attached hydrogen (secondary N) is 1. The van der Waals surface area contributed by atoms with Gasteiger partial charge in [0, 0.05) is 29.5 Å². The summed E-state index contributed by atoms with van der Waals surface area (Å²) in [5, 5.41) is 13.0. The smallest absolute Gasteiger partial charge is 0.349 e. The molecule has 1 amide bonds. The second-order valence-electron chi connectivity index (χ2n) is 7.56. The maximum Gasteiger partial charge on any atom is 0.349 e. The number of benzene rings is 1. The Labute approximate surface area is 187 Å². The highest BCUT2D eigenvalue weighted by atomic mass is 16.5. The van der Waals surface area contributed by atoms with Crippen molar-refractivity contribution in [2.75, 3.05) is 5.32 Å². The van der Waals surface area contributed by atoms with Gasteiger partial charge in [-0.15, -0.1) is 0 Å². The summed E-state index contributed by atoms with van der Waals surface area (Å²) in [4.78, 5) is 29.5. The summed E-state index contributed by atoms with van der Waals surface area (Å²) < 4.78 is 7.42. The van der Waals surface area contributed by atoms with Gasteiger partial charge < -0.3 is 14.6 Å². The second kappa shape index (κ2) is 9.92. The van der Waals surface area contributed by atoms with Crippen molar-refractivity contribution in [1.82, 2.24) is 9.55 Å². The number of nitriles is 1. The Hall–Kier alpha value is -3.92. The Morgan fingerprint density at radius 1 is 1.28 bits per heavy atom. The summed E-state index contributed by atoms with van der Waals surface area (Å²) >= 11 is 0. The molecular formula is C25H26N4O3. The average Bonchev–Trinajstić information content (AvgIpc) is 3.05. The molecule has 1 N–H and O–H groups in total. The Bertz CT molecular complexity index is 1230. The zero-order valence-electron chi connectivity index (χ0n) is 18.7. The van der Waals surface area contributed by atoms with Crippen molar-refractivity contribution in [3.05, 3.63) is 65.1 Å². The molecule has 2 aromatic heterocycles. The summed E-state index contributed by atoms with van der Waals surface area (Å²) in [6.07, 6.45) is 3.08. The number of rotatable bonds is 7. The van der Waals surface area contributed by atoms with Gasteiger partial charge in [0.1, 0.15) is 11.6 Å². The SMILES string of the molecule is CCCn1c(C)cc(/C=C(\C#N)C(=O)OC(C)C(=O)Nc2cccc3ncccc23)c1C. The lowest BCUT2D eigenvalue weighted by Gasteiger charge is -2.14. The zero-order chi connectivity index (χ0) is 23.3. The predicted octanol–water partition coefficient (Wildman–Crippen LogP) is 4.54. The highest BCUT2D eigenvalue weighted by molar-refractivity contribution is 6.04. The first-order valence-electron chi connectivity index (χ1n) is 10.5. The van der Waals surface area contributed by atoms with Crippen LogP contribution in [0.15, 0.2) is 48.2 Å². The lowest BCUT2D eigenvalue weighted by Crippen LogP contribution is -2.30. The number of hydrogen-bond donors (Lipinski definition) is 1. The minimum absolute atomic E-state index is 0.157. The lowest BCUT2D eigenvalue weighted by molar-refractivity contribution is -0.148. The summed E-state index contributed by atoms with van der Waals surface area (Å²) in [6, 6.07) is 12.8. The monoisotopic (exact) mass is 430 g/mol. The number of nitrogens with zero attached hydrogens (tertiary/aromatic N) is 3. The normalized spacial score (nSPS) is 12.3. The number of carbonyl (C=O) groups is 2. The molecule has 1 aromatic carbocycles. The molecular weight excluding hydrogens is 404 g/mol. The van der Waals surface area contributed by atoms with Crippen LogP contribution in [0.4, 0.5) is 5.69 Å². The standard InChI is InChI=1S/C25H26N4O3/c1-5-12-29-16(2)13-19(17(29)3)14-20(15-26)25(31)32-18(4)24(30)28-23-10-6-9-22-21(23)8-7-11-27-22/h6-11,13-14,18H,5,12H2,1-4H3,(H,28,30)/b20-14+. The number of fused-ring (bicyclic) bond motifs is 1. The first-order chi connectivity index (χ1) is 15.3. The first kappa shape index (κ1) is 22.8. The van der Waals surface area contributed by atoms with Crippen molar-refractivity contribution in [3.8, 4) is 6.07 Å². The van der Waals surface area contributed by atoms with Gasteiger partial charge in [-0.1, -0.05) is 13.0 Å². The Morgan fingerprint density at radius 2 is 2.06 bits per heavy atom. The minimum Gasteiger partial charge on any atom is -0.448 e. The van der Waals surface area contributed by atoms with Crippen molar-refractivity contribution in [2.24, 2.45) is 0 Å². The molecule has 7 nitrogen and oxygen atoms in total. The van der Waals surface area contributed by atoms with Gasteiger partial charge in [-0.05, 0) is 69.2 Å². The van der Waals surface area contributed by atoms with Crippen LogP contribution in [-0.4, -0.2) is 27.5 Å². The molecule has 0 saturated carbocycles. The molecule has 0 aliphatic heterocycles. The summed E-state index contributed by atoms with van der Waals surface area (Å²) in [6.45, 7) is 8.36. The molecule has 0 fully saturated rings. The van der Waals surface area contributed by atoms with Crippen molar-refractivity contribution in [2.45, 2.75) is 46.8 Å². The number of carbonyl (C=O) groups excluding carboxylic acids is 2. The quantitative estimate of drug-likeness (QED) is 0.337. The molecule has 3 aromatic rings. The fourth-order valence-corrected chi connectivity index (χ4v) is 3.56. The van der Waals surface area contributed by atoms with E-state index in [1.807, 2.05) is 38.1 Å². The lowest BCUT2D eigenvalue weighted by atomic mass is 10.1. The number of ether oxygens (including phenoxy) is 1. The van der Waals surface area contributed by atoms with Crippen molar-refractivity contribution in [3.63, 3.8) is 0 Å². The van der Waals surface area contributed by atoms with Crippen LogP contribution >= 0.6 is 0 Å². The van der Waals surface area contributed by atoms with E-state index in [-0.39, 0.29) is 5.57 Å². The van der Waals surface area contributed by atoms with Crippen LogP contribution in [0.1, 0.15) is 37.2 Å². The highest BCUT2D eigenvalue weighted by Gasteiger charge is 2.22. The van der Waals surface area contributed by atoms with Crippen LogP contribution in [0, 0.1) is 25.2 Å². The highest BCUT2D eigenvalue weighted by Crippen LogP contribution is 2.22. The third kappa shape index (κ3) is 4.86. The fourth-order valence-electron chi connectivity index (χ4n) is 3.56. The number of aromatic nitrogens is 2. The van der Waals surface area contributed by atoms with Crippen molar-refractivity contribution < 1.29 is 14.3 Å². The zero-order valence-corrected chi connectivity index (χ0v) is 18.7. The fraction of sp³-hybridized carbons (Fsp3) is 0.280. The van der Waals surface area contributed by atoms with Gasteiger partial charge >= 0.3 is 5.97 Å². The molecule has 1 unspecified atom stereocenters. The summed E-state index contributed by atoms with van der Waals surface area (Å²) in [5.74, 6) is -1.33. The number of hydrogen-bond acceptors (Lipinski definition) is 5. The molecule has 0 aliphatic carbocycles. The van der Waals surface area contributed by atoms with E-state index >= 15 is 0 Å². The Morgan fingerprint density at radius 3 is 2.78 bits per heavy atom. The number of anilines is 1. The molecule has 7 heteroatoms. The minimum atomic E-state index is -1.08. The predicted molar refractivity (Wildman–Crippen MR) is 124 cm³/mol. The van der Waals surface area contributed by atoms with E-state index in [0.717, 1.165) is 40.8 Å². The van der Waals surface area contributed by atoms with Gasteiger partial charge in [0.2, 0.25) is 0 Å². The van der Waals surface area contributed by atoms with E-state index in [1.165, 1.54) is 13.0 Å². The Kier molecular flexibility index (Phi) is 7.06. The molecule has 1 atom stereocenters. The van der Waals surface area contributed by atoms with Crippen LogP contribution < -0.4 is 5.32 Å². The molecule has 0 bridgehead atoms. The van der Waals surface area contributed by atoms with E-state index in [0.29, 0.717) is 5.69 Å². The molecule has 0 spiro atoms. The molecule has 2 heterocycles. The van der Waals surface area contributed by atoms with Gasteiger partial charge in [0.15, 0.2) is 6.10 Å². The van der Waals surface area contributed by atoms with Crippen molar-refractivity contribution in [1.29, 1.82) is 5.26 Å². The Balaban J connectivity index is 1.73.